The van der Waals surface area contributed by atoms with Crippen LogP contribution in [0, 0.1) is 0 Å². The molecule has 0 amide bonds. The van der Waals surface area contributed by atoms with Crippen molar-refractivity contribution in [1.29, 1.82) is 0 Å². The van der Waals surface area contributed by atoms with Crippen molar-refractivity contribution in [1.82, 2.24) is 5.32 Å². The first-order chi connectivity index (χ1) is 11.7. The highest BCUT2D eigenvalue weighted by atomic mass is 32.3. The van der Waals surface area contributed by atoms with E-state index in [1.807, 2.05) is 6.92 Å². The van der Waals surface area contributed by atoms with Gasteiger partial charge in [-0.1, -0.05) is 6.92 Å². The standard InChI is InChI=1S/C14H22N2O5S4/c1-2-5-16-12-7-10(4-3-6-21-9-22)24(17,18)14-11(12)8-13(23-14)25(15,19)20/h8-10,12,16H,2-7H2,1H3,(H2,15,19,20)/t10-,12-/m0/s1. The highest BCUT2D eigenvalue weighted by Crippen LogP contribution is 2.43. The summed E-state index contributed by atoms with van der Waals surface area (Å²) in [5.41, 5.74) is 1.67. The Balaban J connectivity index is 2.36. The molecule has 0 radical (unpaired) electrons. The molecule has 25 heavy (non-hydrogen) atoms. The Kier molecular flexibility index (Phi) is 6.96. The lowest BCUT2D eigenvalue weighted by Crippen LogP contribution is -2.35. The molecule has 1 aliphatic rings. The Morgan fingerprint density at radius 2 is 2.24 bits per heavy atom. The summed E-state index contributed by atoms with van der Waals surface area (Å²) >= 11 is 5.32. The number of hydrogen-bond acceptors (Lipinski definition) is 8. The van der Waals surface area contributed by atoms with Crippen molar-refractivity contribution in [2.45, 2.75) is 52.3 Å². The van der Waals surface area contributed by atoms with Gasteiger partial charge in [-0.05, 0) is 50.5 Å². The normalized spacial score (nSPS) is 22.3. The van der Waals surface area contributed by atoms with Gasteiger partial charge in [0.1, 0.15) is 14.0 Å². The summed E-state index contributed by atoms with van der Waals surface area (Å²) in [5.74, 6) is 0. The third-order valence-electron chi connectivity index (χ3n) is 4.05. The van der Waals surface area contributed by atoms with Crippen LogP contribution in [-0.2, 0) is 24.6 Å². The van der Waals surface area contributed by atoms with E-state index in [1.165, 1.54) is 6.07 Å². The summed E-state index contributed by atoms with van der Waals surface area (Å²) in [4.78, 5) is 0. The molecule has 0 unspecified atom stereocenters. The third-order valence-corrected chi connectivity index (χ3v) is 9.56. The largest absolute Gasteiger partial charge is 0.490 e. The molecule has 0 aliphatic carbocycles. The fourth-order valence-corrected chi connectivity index (χ4v) is 7.71. The summed E-state index contributed by atoms with van der Waals surface area (Å²) < 4.78 is 54.1. The van der Waals surface area contributed by atoms with E-state index in [0.717, 1.165) is 23.3 Å². The molecule has 11 heteroatoms. The van der Waals surface area contributed by atoms with E-state index in [4.69, 9.17) is 9.88 Å². The number of thiophene rings is 1. The van der Waals surface area contributed by atoms with Gasteiger partial charge in [-0.2, -0.15) is 0 Å². The molecule has 1 aromatic heterocycles. The van der Waals surface area contributed by atoms with Gasteiger partial charge >= 0.3 is 0 Å². The second-order valence-electron chi connectivity index (χ2n) is 5.87. The van der Waals surface area contributed by atoms with Crippen molar-refractivity contribution in [2.24, 2.45) is 5.14 Å². The van der Waals surface area contributed by atoms with E-state index in [2.05, 4.69) is 17.5 Å². The summed E-state index contributed by atoms with van der Waals surface area (Å²) in [6.07, 6.45) is 2.27. The van der Waals surface area contributed by atoms with Gasteiger partial charge < -0.3 is 10.1 Å². The van der Waals surface area contributed by atoms with Crippen LogP contribution in [-0.4, -0.2) is 40.8 Å². The van der Waals surface area contributed by atoms with Crippen LogP contribution in [0.25, 0.3) is 0 Å². The minimum atomic E-state index is -3.94. The van der Waals surface area contributed by atoms with Crippen molar-refractivity contribution in [3.05, 3.63) is 11.6 Å². The molecule has 7 nitrogen and oxygen atoms in total. The van der Waals surface area contributed by atoms with E-state index in [1.54, 1.807) is 0 Å². The molecule has 0 aromatic carbocycles. The zero-order valence-corrected chi connectivity index (χ0v) is 17.1. The predicted octanol–water partition coefficient (Wildman–Crippen LogP) is 1.74. The Bertz CT molecular complexity index is 816. The monoisotopic (exact) mass is 426 g/mol. The molecule has 0 saturated heterocycles. The highest BCUT2D eigenvalue weighted by molar-refractivity contribution is 7.95. The van der Waals surface area contributed by atoms with E-state index >= 15 is 0 Å². The average molecular weight is 427 g/mol. The van der Waals surface area contributed by atoms with Crippen molar-refractivity contribution in [3.8, 4) is 0 Å². The zero-order valence-electron chi connectivity index (χ0n) is 13.8. The number of nitrogens with one attached hydrogen (secondary N) is 1. The first-order valence-electron chi connectivity index (χ1n) is 7.90. The number of nitrogens with two attached hydrogens (primary N) is 1. The smallest absolute Gasteiger partial charge is 0.247 e. The fourth-order valence-electron chi connectivity index (χ4n) is 2.87. The average Bonchev–Trinajstić information content (AvgIpc) is 2.99. The lowest BCUT2D eigenvalue weighted by molar-refractivity contribution is 0.309. The van der Waals surface area contributed by atoms with E-state index in [0.29, 0.717) is 38.0 Å². The molecule has 2 rings (SSSR count). The topological polar surface area (TPSA) is 116 Å². The Morgan fingerprint density at radius 1 is 1.52 bits per heavy atom. The van der Waals surface area contributed by atoms with E-state index < -0.39 is 25.1 Å². The minimum Gasteiger partial charge on any atom is -0.490 e. The number of primary sulfonamides is 1. The van der Waals surface area contributed by atoms with Gasteiger partial charge in [-0.15, -0.1) is 11.3 Å². The number of ether oxygens (including phenoxy) is 1. The molecule has 2 atom stereocenters. The van der Waals surface area contributed by atoms with Crippen molar-refractivity contribution < 1.29 is 21.6 Å². The molecule has 3 N–H and O–H groups in total. The minimum absolute atomic E-state index is 0.108. The summed E-state index contributed by atoms with van der Waals surface area (Å²) in [7, 11) is -7.54. The maximum absolute atomic E-state index is 12.9. The van der Waals surface area contributed by atoms with Crippen LogP contribution < -0.4 is 10.5 Å². The molecule has 1 aromatic rings. The quantitative estimate of drug-likeness (QED) is 0.456. The number of rotatable bonds is 9. The van der Waals surface area contributed by atoms with E-state index in [9.17, 15) is 16.8 Å². The maximum Gasteiger partial charge on any atom is 0.247 e. The summed E-state index contributed by atoms with van der Waals surface area (Å²) in [6, 6.07) is 1.19. The molecule has 1 aliphatic heterocycles. The lowest BCUT2D eigenvalue weighted by atomic mass is 10.0. The fraction of sp³-hybridized carbons (Fsp3) is 0.643. The van der Waals surface area contributed by atoms with Crippen LogP contribution in [0.15, 0.2) is 14.5 Å². The summed E-state index contributed by atoms with van der Waals surface area (Å²) in [5, 5.41) is 7.91. The van der Waals surface area contributed by atoms with Crippen LogP contribution in [0.3, 0.4) is 0 Å². The number of hydrogen-bond donors (Lipinski definition) is 2. The lowest BCUT2D eigenvalue weighted by Gasteiger charge is -2.30. The predicted molar refractivity (Wildman–Crippen MR) is 101 cm³/mol. The second-order valence-corrected chi connectivity index (χ2v) is 11.3. The number of sulfone groups is 1. The van der Waals surface area contributed by atoms with Crippen molar-refractivity contribution >= 4 is 49.0 Å². The van der Waals surface area contributed by atoms with Crippen molar-refractivity contribution in [3.63, 3.8) is 0 Å². The van der Waals surface area contributed by atoms with Gasteiger partial charge in [0, 0.05) is 11.6 Å². The van der Waals surface area contributed by atoms with Gasteiger partial charge in [0.05, 0.1) is 11.9 Å². The van der Waals surface area contributed by atoms with Crippen LogP contribution in [0.4, 0.5) is 0 Å². The van der Waals surface area contributed by atoms with Gasteiger partial charge in [0.25, 0.3) is 0 Å². The Morgan fingerprint density at radius 3 is 2.84 bits per heavy atom. The van der Waals surface area contributed by atoms with Gasteiger partial charge in [0.2, 0.25) is 10.0 Å². The van der Waals surface area contributed by atoms with E-state index in [-0.39, 0.29) is 14.5 Å². The second kappa shape index (κ2) is 8.40. The SMILES string of the molecule is CCCN[C@H]1C[C@H](CCCOC=S)S(=O)(=O)c2sc(S(N)(=O)=O)cc21. The molecular formula is C14H22N2O5S4. The van der Waals surface area contributed by atoms with Gasteiger partial charge in [0.15, 0.2) is 9.84 Å². The number of fused-ring (bicyclic) bond motifs is 1. The van der Waals surface area contributed by atoms with Crippen LogP contribution in [0.2, 0.25) is 0 Å². The first kappa shape index (κ1) is 20.7. The molecule has 0 bridgehead atoms. The number of thiocarbonyl (C=S) groups is 1. The summed E-state index contributed by atoms with van der Waals surface area (Å²) in [6.45, 7) is 3.09. The molecule has 0 spiro atoms. The zero-order chi connectivity index (χ0) is 18.7. The van der Waals surface area contributed by atoms with Crippen LogP contribution in [0.5, 0.6) is 0 Å². The van der Waals surface area contributed by atoms with Crippen LogP contribution in [0.1, 0.15) is 44.2 Å². The Labute approximate surface area is 157 Å². The molecule has 142 valence electrons. The molecule has 0 saturated carbocycles. The first-order valence-corrected chi connectivity index (χ1v) is 12.3. The van der Waals surface area contributed by atoms with Gasteiger partial charge in [-0.25, -0.2) is 22.0 Å². The molecule has 2 heterocycles. The molecular weight excluding hydrogens is 404 g/mol. The van der Waals surface area contributed by atoms with Crippen LogP contribution >= 0.6 is 23.6 Å². The molecule has 0 fully saturated rings. The highest BCUT2D eigenvalue weighted by Gasteiger charge is 2.41. The Hall–Kier alpha value is -0.590. The maximum atomic E-state index is 12.9. The number of sulfonamides is 1. The van der Waals surface area contributed by atoms with Gasteiger partial charge in [-0.3, -0.25) is 0 Å². The van der Waals surface area contributed by atoms with Crippen molar-refractivity contribution in [2.75, 3.05) is 13.2 Å². The third kappa shape index (κ3) is 4.77.